The van der Waals surface area contributed by atoms with Crippen LogP contribution < -0.4 is 5.32 Å². The Kier molecular flexibility index (Phi) is 5.33. The number of rotatable bonds is 6. The molecule has 21 heavy (non-hydrogen) atoms. The lowest BCUT2D eigenvalue weighted by Gasteiger charge is -2.13. The molecule has 0 saturated carbocycles. The molecule has 112 valence electrons. The zero-order valence-corrected chi connectivity index (χ0v) is 13.4. The largest absolute Gasteiger partial charge is 0.461 e. The highest BCUT2D eigenvalue weighted by Crippen LogP contribution is 2.28. The van der Waals surface area contributed by atoms with Gasteiger partial charge in [-0.15, -0.1) is 11.3 Å². The van der Waals surface area contributed by atoms with Crippen molar-refractivity contribution in [3.05, 3.63) is 40.4 Å². The van der Waals surface area contributed by atoms with Gasteiger partial charge in [-0.2, -0.15) is 0 Å². The molecule has 0 unspecified atom stereocenters. The molecule has 1 heterocycles. The highest BCUT2D eigenvalue weighted by atomic mass is 32.1. The Labute approximate surface area is 129 Å². The quantitative estimate of drug-likeness (QED) is 0.813. The predicted molar refractivity (Wildman–Crippen MR) is 86.6 cm³/mol. The first kappa shape index (κ1) is 15.5. The summed E-state index contributed by atoms with van der Waals surface area (Å²) >= 11 is 1.41. The van der Waals surface area contributed by atoms with Crippen molar-refractivity contribution < 1.29 is 9.53 Å². The molecule has 0 fully saturated rings. The molecule has 2 rings (SSSR count). The van der Waals surface area contributed by atoms with Gasteiger partial charge >= 0.3 is 5.97 Å². The molecule has 1 N–H and O–H groups in total. The van der Waals surface area contributed by atoms with Gasteiger partial charge in [-0.25, -0.2) is 9.78 Å². The Morgan fingerprint density at radius 3 is 2.48 bits per heavy atom. The van der Waals surface area contributed by atoms with Gasteiger partial charge in [0.2, 0.25) is 0 Å². The summed E-state index contributed by atoms with van der Waals surface area (Å²) in [5.74, 6) is -0.374. The third-order valence-electron chi connectivity index (χ3n) is 3.22. The summed E-state index contributed by atoms with van der Waals surface area (Å²) < 4.78 is 4.96. The number of nitrogens with zero attached hydrogens (tertiary/aromatic N) is 1. The van der Waals surface area contributed by atoms with Gasteiger partial charge in [0.25, 0.3) is 0 Å². The standard InChI is InChI=1S/C16H20N2O2S/c1-4-11-8-7-9-12(5-2)14(11)18-16-17-13(10-21-16)15(19)20-6-3/h7-10H,4-6H2,1-3H3,(H,17,18). The van der Waals surface area contributed by atoms with Crippen LogP contribution in [0.5, 0.6) is 0 Å². The fourth-order valence-electron chi connectivity index (χ4n) is 2.14. The molecule has 0 spiro atoms. The third kappa shape index (κ3) is 3.61. The molecule has 4 nitrogen and oxygen atoms in total. The van der Waals surface area contributed by atoms with Crippen LogP contribution in [0.2, 0.25) is 0 Å². The van der Waals surface area contributed by atoms with Crippen molar-refractivity contribution in [3.63, 3.8) is 0 Å². The number of hydrogen-bond acceptors (Lipinski definition) is 5. The van der Waals surface area contributed by atoms with Gasteiger partial charge in [0.05, 0.1) is 6.61 Å². The van der Waals surface area contributed by atoms with E-state index in [1.807, 2.05) is 0 Å². The van der Waals surface area contributed by atoms with Crippen molar-refractivity contribution in [1.29, 1.82) is 0 Å². The van der Waals surface area contributed by atoms with Crippen LogP contribution in [0.15, 0.2) is 23.6 Å². The number of aryl methyl sites for hydroxylation is 2. The van der Waals surface area contributed by atoms with E-state index in [1.54, 1.807) is 12.3 Å². The van der Waals surface area contributed by atoms with Gasteiger partial charge in [-0.1, -0.05) is 32.0 Å². The van der Waals surface area contributed by atoms with Crippen molar-refractivity contribution in [1.82, 2.24) is 4.98 Å². The molecule has 1 aromatic carbocycles. The topological polar surface area (TPSA) is 51.2 Å². The zero-order valence-electron chi connectivity index (χ0n) is 12.6. The van der Waals surface area contributed by atoms with Gasteiger partial charge < -0.3 is 10.1 Å². The number of nitrogens with one attached hydrogen (secondary N) is 1. The summed E-state index contributed by atoms with van der Waals surface area (Å²) in [4.78, 5) is 16.0. The summed E-state index contributed by atoms with van der Waals surface area (Å²) in [6.45, 7) is 6.41. The molecule has 0 saturated heterocycles. The minimum absolute atomic E-state index is 0.358. The number of carbonyl (C=O) groups excluding carboxylic acids is 1. The molecular formula is C16H20N2O2S. The molecule has 0 aliphatic heterocycles. The Bertz CT molecular complexity index is 600. The normalized spacial score (nSPS) is 10.4. The summed E-state index contributed by atoms with van der Waals surface area (Å²) in [5.41, 5.74) is 3.97. The van der Waals surface area contributed by atoms with Crippen molar-refractivity contribution in [2.75, 3.05) is 11.9 Å². The van der Waals surface area contributed by atoms with Crippen LogP contribution in [0, 0.1) is 0 Å². The van der Waals surface area contributed by atoms with Crippen LogP contribution in [-0.2, 0) is 17.6 Å². The smallest absolute Gasteiger partial charge is 0.357 e. The van der Waals surface area contributed by atoms with Crippen LogP contribution in [-0.4, -0.2) is 17.6 Å². The van der Waals surface area contributed by atoms with Crippen LogP contribution >= 0.6 is 11.3 Å². The van der Waals surface area contributed by atoms with Crippen LogP contribution in [0.25, 0.3) is 0 Å². The van der Waals surface area contributed by atoms with E-state index in [9.17, 15) is 4.79 Å². The average Bonchev–Trinajstić information content (AvgIpc) is 2.96. The summed E-state index contributed by atoms with van der Waals surface area (Å²) in [5, 5.41) is 5.80. The fraction of sp³-hybridized carbons (Fsp3) is 0.375. The number of anilines is 2. The highest BCUT2D eigenvalue weighted by molar-refractivity contribution is 7.14. The predicted octanol–water partition coefficient (Wildman–Crippen LogP) is 4.19. The second kappa shape index (κ2) is 7.22. The van der Waals surface area contributed by atoms with Gasteiger partial charge in [0.15, 0.2) is 10.8 Å². The number of thiazole rings is 1. The molecule has 0 amide bonds. The minimum atomic E-state index is -0.374. The lowest BCUT2D eigenvalue weighted by Crippen LogP contribution is -2.05. The van der Waals surface area contributed by atoms with E-state index in [4.69, 9.17) is 4.74 Å². The second-order valence-electron chi connectivity index (χ2n) is 4.54. The first-order valence-electron chi connectivity index (χ1n) is 7.20. The van der Waals surface area contributed by atoms with E-state index in [0.717, 1.165) is 18.5 Å². The third-order valence-corrected chi connectivity index (χ3v) is 3.98. The number of carbonyl (C=O) groups is 1. The second-order valence-corrected chi connectivity index (χ2v) is 5.40. The number of esters is 1. The first-order chi connectivity index (χ1) is 10.2. The molecule has 5 heteroatoms. The van der Waals surface area contributed by atoms with Gasteiger partial charge in [0, 0.05) is 11.1 Å². The average molecular weight is 304 g/mol. The van der Waals surface area contributed by atoms with Gasteiger partial charge in [0.1, 0.15) is 0 Å². The maximum Gasteiger partial charge on any atom is 0.357 e. The maximum atomic E-state index is 11.7. The molecule has 1 aromatic heterocycles. The number of ether oxygens (including phenoxy) is 1. The van der Waals surface area contributed by atoms with Crippen molar-refractivity contribution in [2.24, 2.45) is 0 Å². The molecule has 0 atom stereocenters. The van der Waals surface area contributed by atoms with E-state index >= 15 is 0 Å². The zero-order chi connectivity index (χ0) is 15.2. The van der Waals surface area contributed by atoms with Crippen LogP contribution in [0.4, 0.5) is 10.8 Å². The van der Waals surface area contributed by atoms with Crippen molar-refractivity contribution in [2.45, 2.75) is 33.6 Å². The molecule has 0 bridgehead atoms. The van der Waals surface area contributed by atoms with Crippen LogP contribution in [0.1, 0.15) is 42.4 Å². The van der Waals surface area contributed by atoms with E-state index in [0.29, 0.717) is 17.4 Å². The summed E-state index contributed by atoms with van der Waals surface area (Å²) in [6, 6.07) is 6.30. The van der Waals surface area contributed by atoms with Crippen molar-refractivity contribution >= 4 is 28.1 Å². The fourth-order valence-corrected chi connectivity index (χ4v) is 2.82. The summed E-state index contributed by atoms with van der Waals surface area (Å²) in [6.07, 6.45) is 1.90. The van der Waals surface area contributed by atoms with E-state index < -0.39 is 0 Å². The molecule has 0 aliphatic rings. The maximum absolute atomic E-state index is 11.7. The van der Waals surface area contributed by atoms with Gasteiger partial charge in [-0.05, 0) is 30.9 Å². The lowest BCUT2D eigenvalue weighted by atomic mass is 10.0. The van der Waals surface area contributed by atoms with E-state index in [2.05, 4.69) is 42.3 Å². The van der Waals surface area contributed by atoms with E-state index in [1.165, 1.54) is 22.5 Å². The molecule has 0 aliphatic carbocycles. The number of para-hydroxylation sites is 1. The molecule has 0 radical (unpaired) electrons. The van der Waals surface area contributed by atoms with Gasteiger partial charge in [-0.3, -0.25) is 0 Å². The molecular weight excluding hydrogens is 284 g/mol. The number of hydrogen-bond donors (Lipinski definition) is 1. The Balaban J connectivity index is 2.24. The molecule has 2 aromatic rings. The van der Waals surface area contributed by atoms with Crippen LogP contribution in [0.3, 0.4) is 0 Å². The first-order valence-corrected chi connectivity index (χ1v) is 8.07. The number of aromatic nitrogens is 1. The minimum Gasteiger partial charge on any atom is -0.461 e. The van der Waals surface area contributed by atoms with E-state index in [-0.39, 0.29) is 5.97 Å². The monoisotopic (exact) mass is 304 g/mol. The summed E-state index contributed by atoms with van der Waals surface area (Å²) in [7, 11) is 0. The lowest BCUT2D eigenvalue weighted by molar-refractivity contribution is 0.0520. The number of benzene rings is 1. The highest BCUT2D eigenvalue weighted by Gasteiger charge is 2.13. The SMILES string of the molecule is CCOC(=O)c1csc(Nc2c(CC)cccc2CC)n1. The Morgan fingerprint density at radius 1 is 1.24 bits per heavy atom. The Hall–Kier alpha value is -1.88. The van der Waals surface area contributed by atoms with Crippen molar-refractivity contribution in [3.8, 4) is 0 Å². The Morgan fingerprint density at radius 2 is 1.90 bits per heavy atom.